The molecule has 9 unspecified atom stereocenters. The molecule has 0 radical (unpaired) electrons. The van der Waals surface area contributed by atoms with Gasteiger partial charge in [0.1, 0.15) is 30.0 Å². The molecule has 1 aliphatic heterocycles. The van der Waals surface area contributed by atoms with Crippen LogP contribution in [0.1, 0.15) is 138 Å². The summed E-state index contributed by atoms with van der Waals surface area (Å²) in [6.07, 6.45) is 13.9. The third-order valence-electron chi connectivity index (χ3n) is 14.4. The second-order valence-corrected chi connectivity index (χ2v) is 18.2. The summed E-state index contributed by atoms with van der Waals surface area (Å²) in [4.78, 5) is 12.7. The van der Waals surface area contributed by atoms with E-state index in [1.54, 1.807) is 5.57 Å². The summed E-state index contributed by atoms with van der Waals surface area (Å²) in [5.41, 5.74) is 0.883. The van der Waals surface area contributed by atoms with Crippen LogP contribution in [0.25, 0.3) is 0 Å². The Hall–Kier alpha value is -1.23. The fraction of sp³-hybridized carbons (Fsp3) is 0.927. The van der Waals surface area contributed by atoms with Crippen LogP contribution >= 0.6 is 0 Å². The topological polar surface area (TPSA) is 138 Å². The smallest absolute Gasteiger partial charge is 0.407 e. The van der Waals surface area contributed by atoms with Crippen molar-refractivity contribution in [2.24, 2.45) is 46.3 Å². The van der Waals surface area contributed by atoms with Gasteiger partial charge in [-0.3, -0.25) is 0 Å². The van der Waals surface area contributed by atoms with E-state index in [-0.39, 0.29) is 17.6 Å². The number of ether oxygens (including phenoxy) is 3. The third-order valence-corrected chi connectivity index (χ3v) is 14.4. The standard InChI is InChI=1S/C41H71NO8/c1-26(2)12-11-13-27(3)31-16-17-32-30-15-14-28-24-29(18-20-39(28,4)33(30)19-21-40(31,32)5)49-38(47)42-22-9-7-8-10-23-48-37-35(45)34(44)36(46)41(6,25-43)50-37/h14,26-27,29-37,43-46H,7-13,15-25H2,1-6H3,(H,42,47)/t27?,29?,30?,31?,32?,33?,34?,35?,36-,37-,39-,40+,41?/m0/s1. The van der Waals surface area contributed by atoms with Crippen molar-refractivity contribution in [3.05, 3.63) is 11.6 Å². The highest BCUT2D eigenvalue weighted by Gasteiger charge is 2.59. The molecule has 0 aromatic carbocycles. The van der Waals surface area contributed by atoms with Gasteiger partial charge in [0.15, 0.2) is 6.29 Å². The zero-order chi connectivity index (χ0) is 36.3. The Morgan fingerprint density at radius 3 is 2.44 bits per heavy atom. The van der Waals surface area contributed by atoms with Gasteiger partial charge >= 0.3 is 6.09 Å². The van der Waals surface area contributed by atoms with E-state index >= 15 is 0 Å². The summed E-state index contributed by atoms with van der Waals surface area (Å²) in [6.45, 7) is 14.3. The van der Waals surface area contributed by atoms with Crippen molar-refractivity contribution in [1.82, 2.24) is 5.32 Å². The number of aliphatic hydroxyl groups excluding tert-OH is 4. The Morgan fingerprint density at radius 2 is 1.70 bits per heavy atom. The molecule has 5 N–H and O–H groups in total. The summed E-state index contributed by atoms with van der Waals surface area (Å²) in [5, 5.41) is 42.9. The minimum absolute atomic E-state index is 0.0518. The van der Waals surface area contributed by atoms with Gasteiger partial charge in [-0.05, 0) is 111 Å². The molecule has 50 heavy (non-hydrogen) atoms. The molecule has 1 amide bonds. The van der Waals surface area contributed by atoms with E-state index in [4.69, 9.17) is 14.2 Å². The first kappa shape index (κ1) is 40.0. The predicted molar refractivity (Wildman–Crippen MR) is 194 cm³/mol. The molecule has 0 aromatic heterocycles. The maximum atomic E-state index is 12.7. The van der Waals surface area contributed by atoms with Crippen LogP contribution in [-0.4, -0.2) is 82.6 Å². The molecule has 0 bridgehead atoms. The normalized spacial score (nSPS) is 41.9. The fourth-order valence-corrected chi connectivity index (χ4v) is 11.3. The Labute approximate surface area is 302 Å². The lowest BCUT2D eigenvalue weighted by molar-refractivity contribution is -0.333. The van der Waals surface area contributed by atoms with Gasteiger partial charge < -0.3 is 40.0 Å². The van der Waals surface area contributed by atoms with E-state index in [0.29, 0.717) is 25.0 Å². The second-order valence-electron chi connectivity index (χ2n) is 18.2. The molecular weight excluding hydrogens is 634 g/mol. The van der Waals surface area contributed by atoms with E-state index < -0.39 is 36.8 Å². The average molecular weight is 706 g/mol. The number of unbranched alkanes of at least 4 members (excludes halogenated alkanes) is 3. The summed E-state index contributed by atoms with van der Waals surface area (Å²) >= 11 is 0. The highest BCUT2D eigenvalue weighted by Crippen LogP contribution is 2.67. The van der Waals surface area contributed by atoms with Crippen LogP contribution in [0.15, 0.2) is 11.6 Å². The first-order valence-corrected chi connectivity index (χ1v) is 20.3. The van der Waals surface area contributed by atoms with Crippen LogP contribution < -0.4 is 5.32 Å². The molecule has 0 spiro atoms. The average Bonchev–Trinajstić information content (AvgIpc) is 3.44. The predicted octanol–water partition coefficient (Wildman–Crippen LogP) is 6.89. The molecule has 9 heteroatoms. The van der Waals surface area contributed by atoms with E-state index in [1.807, 2.05) is 0 Å². The zero-order valence-corrected chi connectivity index (χ0v) is 32.1. The molecule has 288 valence electrons. The molecule has 1 saturated heterocycles. The van der Waals surface area contributed by atoms with E-state index in [9.17, 15) is 25.2 Å². The number of rotatable bonds is 15. The fourth-order valence-electron chi connectivity index (χ4n) is 11.3. The van der Waals surface area contributed by atoms with E-state index in [2.05, 4.69) is 46.0 Å². The molecule has 5 aliphatic rings. The van der Waals surface area contributed by atoms with Gasteiger partial charge in [-0.2, -0.15) is 0 Å². The molecule has 4 aliphatic carbocycles. The summed E-state index contributed by atoms with van der Waals surface area (Å²) in [6, 6.07) is 0. The molecule has 3 saturated carbocycles. The molecule has 13 atom stereocenters. The van der Waals surface area contributed by atoms with Gasteiger partial charge in [-0.25, -0.2) is 4.79 Å². The number of hydrogen-bond donors (Lipinski definition) is 5. The van der Waals surface area contributed by atoms with Crippen molar-refractivity contribution in [2.75, 3.05) is 19.8 Å². The number of carbonyl (C=O) groups excluding carboxylic acids is 1. The summed E-state index contributed by atoms with van der Waals surface area (Å²) < 4.78 is 17.1. The first-order chi connectivity index (χ1) is 23.7. The number of fused-ring (bicyclic) bond motifs is 5. The number of nitrogens with one attached hydrogen (secondary N) is 1. The monoisotopic (exact) mass is 706 g/mol. The maximum Gasteiger partial charge on any atom is 0.407 e. The Morgan fingerprint density at radius 1 is 0.940 bits per heavy atom. The quantitative estimate of drug-likeness (QED) is 0.0918. The zero-order valence-electron chi connectivity index (χ0n) is 32.1. The van der Waals surface area contributed by atoms with Gasteiger partial charge in [-0.1, -0.05) is 78.4 Å². The van der Waals surface area contributed by atoms with E-state index in [1.165, 1.54) is 58.3 Å². The van der Waals surface area contributed by atoms with Gasteiger partial charge in [0.25, 0.3) is 0 Å². The van der Waals surface area contributed by atoms with Crippen LogP contribution in [-0.2, 0) is 14.2 Å². The van der Waals surface area contributed by atoms with Crippen molar-refractivity contribution in [1.29, 1.82) is 0 Å². The number of allylic oxidation sites excluding steroid dienone is 1. The van der Waals surface area contributed by atoms with Gasteiger partial charge in [0.05, 0.1) is 6.61 Å². The molecule has 5 rings (SSSR count). The van der Waals surface area contributed by atoms with Gasteiger partial charge in [0, 0.05) is 19.6 Å². The SMILES string of the molecule is CC(C)CCCC(C)C1CCC2C3CC=C4CC(OC(=O)NCCCCCCO[C@H]5OC(C)(CO)[C@@H](O)C(O)C5O)CC[C@]4(C)C3CC[C@]12C. The van der Waals surface area contributed by atoms with Crippen molar-refractivity contribution < 1.29 is 39.4 Å². The second kappa shape index (κ2) is 16.8. The minimum Gasteiger partial charge on any atom is -0.446 e. The molecule has 9 nitrogen and oxygen atoms in total. The molecule has 4 fully saturated rings. The highest BCUT2D eigenvalue weighted by atomic mass is 16.7. The number of aliphatic hydroxyl groups is 4. The summed E-state index contributed by atoms with van der Waals surface area (Å²) in [7, 11) is 0. The molecule has 0 aromatic rings. The molecule has 1 heterocycles. The van der Waals surface area contributed by atoms with Crippen LogP contribution in [0.3, 0.4) is 0 Å². The summed E-state index contributed by atoms with van der Waals surface area (Å²) in [5.74, 6) is 4.94. The van der Waals surface area contributed by atoms with Crippen molar-refractivity contribution in [2.45, 2.75) is 174 Å². The number of carbonyl (C=O) groups is 1. The van der Waals surface area contributed by atoms with E-state index in [0.717, 1.165) is 74.0 Å². The largest absolute Gasteiger partial charge is 0.446 e. The first-order valence-electron chi connectivity index (χ1n) is 20.3. The Balaban J connectivity index is 0.998. The van der Waals surface area contributed by atoms with Crippen LogP contribution in [0.2, 0.25) is 0 Å². The van der Waals surface area contributed by atoms with Crippen molar-refractivity contribution in [3.63, 3.8) is 0 Å². The van der Waals surface area contributed by atoms with Crippen molar-refractivity contribution >= 4 is 6.09 Å². The Bertz CT molecular complexity index is 1150. The van der Waals surface area contributed by atoms with Crippen LogP contribution in [0, 0.1) is 46.3 Å². The lowest BCUT2D eigenvalue weighted by Gasteiger charge is -2.58. The number of alkyl carbamates (subject to hydrolysis) is 1. The highest BCUT2D eigenvalue weighted by molar-refractivity contribution is 5.67. The number of amides is 1. The lowest BCUT2D eigenvalue weighted by atomic mass is 9.47. The lowest BCUT2D eigenvalue weighted by Crippen LogP contribution is -2.65. The van der Waals surface area contributed by atoms with Crippen molar-refractivity contribution in [3.8, 4) is 0 Å². The van der Waals surface area contributed by atoms with Crippen LogP contribution in [0.4, 0.5) is 4.79 Å². The third kappa shape index (κ3) is 8.44. The minimum atomic E-state index is -1.46. The van der Waals surface area contributed by atoms with Gasteiger partial charge in [-0.15, -0.1) is 0 Å². The Kier molecular flexibility index (Phi) is 13.5. The van der Waals surface area contributed by atoms with Crippen LogP contribution in [0.5, 0.6) is 0 Å². The maximum absolute atomic E-state index is 12.7. The molecular formula is C41H71NO8. The number of hydrogen-bond acceptors (Lipinski definition) is 8. The van der Waals surface area contributed by atoms with Gasteiger partial charge in [0.2, 0.25) is 0 Å².